The van der Waals surface area contributed by atoms with Crippen LogP contribution in [-0.2, 0) is 16.0 Å². The molecule has 1 aromatic rings. The van der Waals surface area contributed by atoms with Crippen molar-refractivity contribution in [1.29, 1.82) is 5.26 Å². The van der Waals surface area contributed by atoms with Crippen LogP contribution < -0.4 is 4.90 Å². The maximum absolute atomic E-state index is 9.20. The Bertz CT molecular complexity index is 484. The van der Waals surface area contributed by atoms with Crippen LogP contribution in [0.25, 0.3) is 0 Å². The van der Waals surface area contributed by atoms with Crippen LogP contribution in [0, 0.1) is 11.3 Å². The largest absolute Gasteiger partial charge is 0.422 e. The first-order valence-electron chi connectivity index (χ1n) is 6.89. The molecule has 0 radical (unpaired) electrons. The van der Waals surface area contributed by atoms with Crippen molar-refractivity contribution in [2.45, 2.75) is 6.54 Å². The molecule has 0 aromatic carbocycles. The highest BCUT2D eigenvalue weighted by atomic mass is 16.5. The van der Waals surface area contributed by atoms with Gasteiger partial charge in [0.05, 0.1) is 33.0 Å². The second kappa shape index (κ2) is 6.22. The zero-order valence-electron chi connectivity index (χ0n) is 11.4. The number of ether oxygens (including phenoxy) is 2. The molecule has 0 atom stereocenters. The maximum atomic E-state index is 9.20. The normalized spacial score (nSPS) is 20.9. The molecule has 0 amide bonds. The Labute approximate surface area is 117 Å². The van der Waals surface area contributed by atoms with Gasteiger partial charge in [-0.05, 0) is 0 Å². The smallest absolute Gasteiger partial charge is 0.234 e. The van der Waals surface area contributed by atoms with Gasteiger partial charge < -0.3 is 18.8 Å². The number of hydrogen-bond acceptors (Lipinski definition) is 7. The molecule has 7 heteroatoms. The third-order valence-corrected chi connectivity index (χ3v) is 3.52. The summed E-state index contributed by atoms with van der Waals surface area (Å²) in [4.78, 5) is 8.55. The molecule has 3 heterocycles. The van der Waals surface area contributed by atoms with Crippen molar-refractivity contribution < 1.29 is 13.9 Å². The van der Waals surface area contributed by atoms with Gasteiger partial charge in [0, 0.05) is 26.2 Å². The van der Waals surface area contributed by atoms with Crippen molar-refractivity contribution in [3.8, 4) is 6.07 Å². The molecule has 2 aliphatic heterocycles. The minimum Gasteiger partial charge on any atom is -0.422 e. The maximum Gasteiger partial charge on any atom is 0.234 e. The van der Waals surface area contributed by atoms with Crippen LogP contribution in [0.3, 0.4) is 0 Å². The van der Waals surface area contributed by atoms with E-state index in [0.29, 0.717) is 37.2 Å². The predicted molar refractivity (Wildman–Crippen MR) is 70.3 cm³/mol. The number of aromatic nitrogens is 1. The van der Waals surface area contributed by atoms with E-state index in [-0.39, 0.29) is 0 Å². The van der Waals surface area contributed by atoms with E-state index < -0.39 is 0 Å². The molecule has 2 fully saturated rings. The van der Waals surface area contributed by atoms with Gasteiger partial charge in [0.1, 0.15) is 6.07 Å². The molecule has 0 N–H and O–H groups in total. The highest BCUT2D eigenvalue weighted by Crippen LogP contribution is 2.23. The third-order valence-electron chi connectivity index (χ3n) is 3.52. The minimum atomic E-state index is 0.371. The molecular formula is C13H18N4O3. The standard InChI is InChI=1S/C13H18N4O3/c14-9-11-13(17-3-7-19-8-4-17)20-12(15-11)10-16-1-5-18-6-2-16/h1-8,10H2. The first-order valence-corrected chi connectivity index (χ1v) is 6.89. The summed E-state index contributed by atoms with van der Waals surface area (Å²) in [5, 5.41) is 9.20. The number of morpholine rings is 2. The van der Waals surface area contributed by atoms with E-state index in [4.69, 9.17) is 13.9 Å². The summed E-state index contributed by atoms with van der Waals surface area (Å²) in [5.74, 6) is 1.18. The Hall–Kier alpha value is -1.62. The van der Waals surface area contributed by atoms with Gasteiger partial charge in [0.25, 0.3) is 0 Å². The second-order valence-electron chi connectivity index (χ2n) is 4.86. The number of nitriles is 1. The van der Waals surface area contributed by atoms with Crippen molar-refractivity contribution in [3.63, 3.8) is 0 Å². The molecule has 2 aliphatic rings. The zero-order chi connectivity index (χ0) is 13.8. The Morgan fingerprint density at radius 3 is 2.35 bits per heavy atom. The molecule has 0 saturated carbocycles. The molecule has 3 rings (SSSR count). The van der Waals surface area contributed by atoms with E-state index in [2.05, 4.69) is 16.0 Å². The van der Waals surface area contributed by atoms with Gasteiger partial charge in [0.2, 0.25) is 17.5 Å². The van der Waals surface area contributed by atoms with E-state index in [1.54, 1.807) is 0 Å². The molecular weight excluding hydrogens is 260 g/mol. The van der Waals surface area contributed by atoms with E-state index in [1.165, 1.54) is 0 Å². The molecule has 108 valence electrons. The summed E-state index contributed by atoms with van der Waals surface area (Å²) in [7, 11) is 0. The lowest BCUT2D eigenvalue weighted by atomic mass is 10.4. The van der Waals surface area contributed by atoms with Crippen molar-refractivity contribution in [2.24, 2.45) is 0 Å². The first kappa shape index (κ1) is 13.4. The van der Waals surface area contributed by atoms with E-state index in [0.717, 1.165) is 39.4 Å². The molecule has 0 aliphatic carbocycles. The van der Waals surface area contributed by atoms with Gasteiger partial charge in [-0.2, -0.15) is 10.2 Å². The van der Waals surface area contributed by atoms with E-state index >= 15 is 0 Å². The molecule has 1 aromatic heterocycles. The highest BCUT2D eigenvalue weighted by molar-refractivity contribution is 5.48. The monoisotopic (exact) mass is 278 g/mol. The summed E-state index contributed by atoms with van der Waals surface area (Å²) >= 11 is 0. The van der Waals surface area contributed by atoms with Gasteiger partial charge in [0.15, 0.2) is 0 Å². The molecule has 0 bridgehead atoms. The van der Waals surface area contributed by atoms with E-state index in [9.17, 15) is 5.26 Å². The van der Waals surface area contributed by atoms with Crippen LogP contribution in [0.4, 0.5) is 5.88 Å². The van der Waals surface area contributed by atoms with Crippen LogP contribution >= 0.6 is 0 Å². The van der Waals surface area contributed by atoms with Gasteiger partial charge >= 0.3 is 0 Å². The fourth-order valence-corrected chi connectivity index (χ4v) is 2.43. The van der Waals surface area contributed by atoms with Crippen LogP contribution in [0.1, 0.15) is 11.6 Å². The van der Waals surface area contributed by atoms with Crippen LogP contribution in [0.2, 0.25) is 0 Å². The Morgan fingerprint density at radius 1 is 1.05 bits per heavy atom. The second-order valence-corrected chi connectivity index (χ2v) is 4.86. The molecule has 20 heavy (non-hydrogen) atoms. The van der Waals surface area contributed by atoms with Gasteiger partial charge in [-0.25, -0.2) is 0 Å². The molecule has 2 saturated heterocycles. The molecule has 7 nitrogen and oxygen atoms in total. The Balaban J connectivity index is 1.72. The van der Waals surface area contributed by atoms with Gasteiger partial charge in [-0.3, -0.25) is 4.90 Å². The Kier molecular flexibility index (Phi) is 4.16. The summed E-state index contributed by atoms with van der Waals surface area (Å²) in [6, 6.07) is 2.12. The predicted octanol–water partition coefficient (Wildman–Crippen LogP) is 0.215. The fraction of sp³-hybridized carbons (Fsp3) is 0.692. The first-order chi connectivity index (χ1) is 9.86. The summed E-state index contributed by atoms with van der Waals surface area (Å²) in [6.45, 7) is 6.64. The number of anilines is 1. The zero-order valence-corrected chi connectivity index (χ0v) is 11.4. The number of oxazole rings is 1. The van der Waals surface area contributed by atoms with Crippen molar-refractivity contribution in [3.05, 3.63) is 11.6 Å². The molecule has 0 unspecified atom stereocenters. The lowest BCUT2D eigenvalue weighted by Gasteiger charge is -2.26. The number of nitrogens with zero attached hydrogens (tertiary/aromatic N) is 4. The van der Waals surface area contributed by atoms with Crippen LogP contribution in [-0.4, -0.2) is 62.5 Å². The fourth-order valence-electron chi connectivity index (χ4n) is 2.43. The lowest BCUT2D eigenvalue weighted by Crippen LogP contribution is -2.36. The Morgan fingerprint density at radius 2 is 1.70 bits per heavy atom. The van der Waals surface area contributed by atoms with Crippen molar-refractivity contribution in [1.82, 2.24) is 9.88 Å². The lowest BCUT2D eigenvalue weighted by molar-refractivity contribution is 0.0306. The summed E-state index contributed by atoms with van der Waals surface area (Å²) in [5.41, 5.74) is 0.371. The van der Waals surface area contributed by atoms with Crippen molar-refractivity contribution >= 4 is 5.88 Å². The van der Waals surface area contributed by atoms with Gasteiger partial charge in [-0.15, -0.1) is 0 Å². The van der Waals surface area contributed by atoms with Crippen LogP contribution in [0.15, 0.2) is 4.42 Å². The topological polar surface area (TPSA) is 74.8 Å². The SMILES string of the molecule is N#Cc1nc(CN2CCOCC2)oc1N1CCOCC1. The minimum absolute atomic E-state index is 0.371. The average molecular weight is 278 g/mol. The number of rotatable bonds is 3. The molecule has 0 spiro atoms. The van der Waals surface area contributed by atoms with Gasteiger partial charge in [-0.1, -0.05) is 0 Å². The third kappa shape index (κ3) is 2.93. The summed E-state index contributed by atoms with van der Waals surface area (Å²) < 4.78 is 16.4. The quantitative estimate of drug-likeness (QED) is 0.782. The summed E-state index contributed by atoms with van der Waals surface area (Å²) in [6.07, 6.45) is 0. The highest BCUT2D eigenvalue weighted by Gasteiger charge is 2.23. The van der Waals surface area contributed by atoms with E-state index in [1.807, 2.05) is 4.90 Å². The van der Waals surface area contributed by atoms with Crippen molar-refractivity contribution in [2.75, 3.05) is 57.5 Å². The number of hydrogen-bond donors (Lipinski definition) is 0. The van der Waals surface area contributed by atoms with Crippen LogP contribution in [0.5, 0.6) is 0 Å². The average Bonchev–Trinajstić information content (AvgIpc) is 2.92.